The van der Waals surface area contributed by atoms with Gasteiger partial charge in [-0.15, -0.1) is 0 Å². The molecule has 1 fully saturated rings. The van der Waals surface area contributed by atoms with Crippen LogP contribution < -0.4 is 5.32 Å². The van der Waals surface area contributed by atoms with E-state index in [1.165, 1.54) is 0 Å². The third-order valence-electron chi connectivity index (χ3n) is 2.92. The summed E-state index contributed by atoms with van der Waals surface area (Å²) in [5, 5.41) is 3.41. The predicted molar refractivity (Wildman–Crippen MR) is 67.1 cm³/mol. The van der Waals surface area contributed by atoms with Crippen molar-refractivity contribution in [3.63, 3.8) is 0 Å². The Balaban J connectivity index is 2.21. The molecular formula is C12H15BrN2O. The first-order chi connectivity index (χ1) is 7.68. The second-order valence-electron chi connectivity index (χ2n) is 4.05. The van der Waals surface area contributed by atoms with E-state index in [1.807, 2.05) is 25.2 Å². The fourth-order valence-electron chi connectivity index (χ4n) is 1.91. The molecule has 2 rings (SSSR count). The number of carbonyl (C=O) groups excluding carboxylic acids is 1. The van der Waals surface area contributed by atoms with Gasteiger partial charge in [0.05, 0.1) is 0 Å². The van der Waals surface area contributed by atoms with Gasteiger partial charge >= 0.3 is 0 Å². The first-order valence-corrected chi connectivity index (χ1v) is 6.19. The lowest BCUT2D eigenvalue weighted by Gasteiger charge is -2.16. The number of rotatable bonds is 1. The van der Waals surface area contributed by atoms with Gasteiger partial charge in [-0.1, -0.05) is 34.1 Å². The maximum Gasteiger partial charge on any atom is 0.224 e. The van der Waals surface area contributed by atoms with Crippen LogP contribution in [0.2, 0.25) is 0 Å². The highest BCUT2D eigenvalue weighted by Crippen LogP contribution is 2.26. The molecule has 1 aromatic carbocycles. The van der Waals surface area contributed by atoms with Crippen LogP contribution >= 0.6 is 15.9 Å². The predicted octanol–water partition coefficient (Wildman–Crippen LogP) is 1.94. The maximum absolute atomic E-state index is 11.8. The number of hydrogen-bond donors (Lipinski definition) is 1. The van der Waals surface area contributed by atoms with E-state index >= 15 is 0 Å². The lowest BCUT2D eigenvalue weighted by atomic mass is 10.0. The van der Waals surface area contributed by atoms with Gasteiger partial charge in [-0.25, -0.2) is 0 Å². The van der Waals surface area contributed by atoms with E-state index in [1.54, 1.807) is 4.90 Å². The Morgan fingerprint density at radius 1 is 1.44 bits per heavy atom. The number of halogens is 1. The zero-order chi connectivity index (χ0) is 11.5. The minimum absolute atomic E-state index is 0.119. The number of amides is 1. The van der Waals surface area contributed by atoms with Gasteiger partial charge in [0.1, 0.15) is 0 Å². The van der Waals surface area contributed by atoms with Gasteiger partial charge in [0.15, 0.2) is 0 Å². The van der Waals surface area contributed by atoms with Crippen molar-refractivity contribution < 1.29 is 4.79 Å². The molecule has 16 heavy (non-hydrogen) atoms. The number of nitrogens with zero attached hydrogens (tertiary/aromatic N) is 1. The number of nitrogens with one attached hydrogen (secondary N) is 1. The summed E-state index contributed by atoms with van der Waals surface area (Å²) >= 11 is 3.53. The molecule has 1 unspecified atom stereocenters. The molecule has 1 N–H and O–H groups in total. The van der Waals surface area contributed by atoms with Gasteiger partial charge in [-0.2, -0.15) is 0 Å². The summed E-state index contributed by atoms with van der Waals surface area (Å²) < 4.78 is 1.06. The van der Waals surface area contributed by atoms with E-state index in [-0.39, 0.29) is 11.9 Å². The lowest BCUT2D eigenvalue weighted by Crippen LogP contribution is -2.27. The molecule has 0 saturated carbocycles. The molecule has 1 amide bonds. The van der Waals surface area contributed by atoms with Gasteiger partial charge in [0, 0.05) is 37.1 Å². The SMILES string of the molecule is CN1CCNC(c2ccccc2Br)CC1=O. The number of carbonyl (C=O) groups is 1. The highest BCUT2D eigenvalue weighted by molar-refractivity contribution is 9.10. The summed E-state index contributed by atoms with van der Waals surface area (Å²) in [5.74, 6) is 0.200. The summed E-state index contributed by atoms with van der Waals surface area (Å²) in [5.41, 5.74) is 1.16. The lowest BCUT2D eigenvalue weighted by molar-refractivity contribution is -0.129. The number of benzene rings is 1. The van der Waals surface area contributed by atoms with Crippen LogP contribution in [0.4, 0.5) is 0 Å². The average Bonchev–Trinajstić information content (AvgIpc) is 2.43. The molecule has 1 aromatic rings. The van der Waals surface area contributed by atoms with Crippen molar-refractivity contribution >= 4 is 21.8 Å². The Morgan fingerprint density at radius 2 is 2.19 bits per heavy atom. The minimum Gasteiger partial charge on any atom is -0.344 e. The van der Waals surface area contributed by atoms with E-state index < -0.39 is 0 Å². The molecule has 1 atom stereocenters. The molecule has 0 radical (unpaired) electrons. The largest absolute Gasteiger partial charge is 0.344 e. The summed E-state index contributed by atoms with van der Waals surface area (Å²) in [6.07, 6.45) is 0.527. The van der Waals surface area contributed by atoms with E-state index in [0.717, 1.165) is 23.1 Å². The molecular weight excluding hydrogens is 268 g/mol. The van der Waals surface area contributed by atoms with Crippen LogP contribution in [0, 0.1) is 0 Å². The summed E-state index contributed by atoms with van der Waals surface area (Å²) in [6, 6.07) is 8.17. The summed E-state index contributed by atoms with van der Waals surface area (Å²) in [4.78, 5) is 13.6. The van der Waals surface area contributed by atoms with Crippen molar-refractivity contribution in [1.82, 2.24) is 10.2 Å². The Morgan fingerprint density at radius 3 is 2.94 bits per heavy atom. The fraction of sp³-hybridized carbons (Fsp3) is 0.417. The quantitative estimate of drug-likeness (QED) is 0.854. The molecule has 1 heterocycles. The van der Waals surface area contributed by atoms with Crippen molar-refractivity contribution in [3.8, 4) is 0 Å². The second kappa shape index (κ2) is 4.97. The van der Waals surface area contributed by atoms with Gasteiger partial charge in [0.25, 0.3) is 0 Å². The van der Waals surface area contributed by atoms with Crippen LogP contribution in [0.1, 0.15) is 18.0 Å². The smallest absolute Gasteiger partial charge is 0.224 e. The molecule has 86 valence electrons. The maximum atomic E-state index is 11.8. The van der Waals surface area contributed by atoms with Gasteiger partial charge in [0.2, 0.25) is 5.91 Å². The van der Waals surface area contributed by atoms with E-state index in [4.69, 9.17) is 0 Å². The van der Waals surface area contributed by atoms with Crippen LogP contribution in [0.5, 0.6) is 0 Å². The standard InChI is InChI=1S/C12H15BrN2O/c1-15-7-6-14-11(8-12(15)16)9-4-2-3-5-10(9)13/h2-5,11,14H,6-8H2,1H3. The van der Waals surface area contributed by atoms with E-state index in [2.05, 4.69) is 27.3 Å². The van der Waals surface area contributed by atoms with Crippen LogP contribution in [0.15, 0.2) is 28.7 Å². The van der Waals surface area contributed by atoms with Gasteiger partial charge in [-0.3, -0.25) is 4.79 Å². The van der Waals surface area contributed by atoms with Crippen molar-refractivity contribution in [2.45, 2.75) is 12.5 Å². The first kappa shape index (κ1) is 11.6. The van der Waals surface area contributed by atoms with Crippen LogP contribution in [-0.4, -0.2) is 30.9 Å². The molecule has 3 nitrogen and oxygen atoms in total. The highest BCUT2D eigenvalue weighted by Gasteiger charge is 2.22. The van der Waals surface area contributed by atoms with Gasteiger partial charge in [-0.05, 0) is 11.6 Å². The minimum atomic E-state index is 0.119. The molecule has 0 bridgehead atoms. The van der Waals surface area contributed by atoms with Crippen LogP contribution in [0.3, 0.4) is 0 Å². The fourth-order valence-corrected chi connectivity index (χ4v) is 2.47. The Labute approximate surface area is 104 Å². The Bertz CT molecular complexity index is 394. The third kappa shape index (κ3) is 2.44. The van der Waals surface area contributed by atoms with E-state index in [0.29, 0.717) is 6.42 Å². The van der Waals surface area contributed by atoms with Crippen LogP contribution in [-0.2, 0) is 4.79 Å². The summed E-state index contributed by atoms with van der Waals surface area (Å²) in [6.45, 7) is 1.62. The third-order valence-corrected chi connectivity index (χ3v) is 3.65. The molecule has 0 aromatic heterocycles. The van der Waals surface area contributed by atoms with Crippen LogP contribution in [0.25, 0.3) is 0 Å². The molecule has 4 heteroatoms. The van der Waals surface area contributed by atoms with Gasteiger partial charge < -0.3 is 10.2 Å². The topological polar surface area (TPSA) is 32.3 Å². The van der Waals surface area contributed by atoms with Crippen molar-refractivity contribution in [1.29, 1.82) is 0 Å². The second-order valence-corrected chi connectivity index (χ2v) is 4.90. The van der Waals surface area contributed by atoms with Crippen molar-refractivity contribution in [2.24, 2.45) is 0 Å². The van der Waals surface area contributed by atoms with Crippen molar-refractivity contribution in [3.05, 3.63) is 34.3 Å². The monoisotopic (exact) mass is 282 g/mol. The molecule has 0 spiro atoms. The molecule has 1 aliphatic rings. The average molecular weight is 283 g/mol. The summed E-state index contributed by atoms with van der Waals surface area (Å²) in [7, 11) is 1.85. The van der Waals surface area contributed by atoms with Crippen molar-refractivity contribution in [2.75, 3.05) is 20.1 Å². The Kier molecular flexibility index (Phi) is 3.61. The zero-order valence-electron chi connectivity index (χ0n) is 9.24. The molecule has 0 aliphatic carbocycles. The molecule has 1 aliphatic heterocycles. The normalized spacial score (nSPS) is 22.0. The first-order valence-electron chi connectivity index (χ1n) is 5.40. The highest BCUT2D eigenvalue weighted by atomic mass is 79.9. The zero-order valence-corrected chi connectivity index (χ0v) is 10.8. The number of hydrogen-bond acceptors (Lipinski definition) is 2. The molecule has 1 saturated heterocycles. The van der Waals surface area contributed by atoms with E-state index in [9.17, 15) is 4.79 Å². The Hall–Kier alpha value is -0.870. The number of likely N-dealkylation sites (N-methyl/N-ethyl adjacent to an activating group) is 1.